The number of amides is 2. The average Bonchev–Trinajstić information content (AvgIpc) is 3.67. The first-order chi connectivity index (χ1) is 15.5. The number of urea groups is 1. The number of imidazole rings is 1. The summed E-state index contributed by atoms with van der Waals surface area (Å²) in [6.45, 7) is 2.36. The number of carbonyl (C=O) groups is 1. The highest BCUT2D eigenvalue weighted by molar-refractivity contribution is 5.79. The van der Waals surface area contributed by atoms with Crippen molar-refractivity contribution in [1.29, 1.82) is 0 Å². The second kappa shape index (κ2) is 7.87. The number of aromatic nitrogens is 2. The maximum Gasteiger partial charge on any atom is 0.416 e. The summed E-state index contributed by atoms with van der Waals surface area (Å²) >= 11 is 0. The molecule has 0 bridgehead atoms. The van der Waals surface area contributed by atoms with Gasteiger partial charge in [-0.05, 0) is 69.1 Å². The minimum Gasteiger partial charge on any atom is -0.364 e. The Hall–Kier alpha value is -2.33. The van der Waals surface area contributed by atoms with E-state index in [1.54, 1.807) is 0 Å². The molecule has 5 rings (SSSR count). The van der Waals surface area contributed by atoms with Gasteiger partial charge in [0.2, 0.25) is 0 Å². The van der Waals surface area contributed by atoms with Gasteiger partial charge in [-0.1, -0.05) is 6.07 Å². The molecule has 0 radical (unpaired) electrons. The number of nitrogens with one attached hydrogen (secondary N) is 2. The van der Waals surface area contributed by atoms with Crippen molar-refractivity contribution in [1.82, 2.24) is 20.2 Å². The summed E-state index contributed by atoms with van der Waals surface area (Å²) in [7, 11) is 0. The van der Waals surface area contributed by atoms with Gasteiger partial charge in [0.25, 0.3) is 0 Å². The first kappa shape index (κ1) is 22.5. The van der Waals surface area contributed by atoms with Gasteiger partial charge in [-0.2, -0.15) is 13.2 Å². The van der Waals surface area contributed by atoms with Gasteiger partial charge in [-0.15, -0.1) is 0 Å². The standard InChI is InChI=1S/C23H30F3N5O2/c1-22(2,23(24,25)26)33-11-15(27)20-28-16-8-7-14(9-17(16)29-20)19(13-5-6-13)31-10-18(12-3-4-12)30-21(31)32/h7-9,12-13,15,18-19H,3-6,10-11,27H2,1-2H3,(H,28,29)(H,30,32)/t15-,18-,19+/m0/s1. The molecule has 1 aromatic carbocycles. The van der Waals surface area contributed by atoms with Crippen LogP contribution in [0.4, 0.5) is 18.0 Å². The molecule has 2 amide bonds. The molecular weight excluding hydrogens is 435 g/mol. The number of nitrogens with zero attached hydrogens (tertiary/aromatic N) is 2. The van der Waals surface area contributed by atoms with E-state index >= 15 is 0 Å². The van der Waals surface area contributed by atoms with Crippen LogP contribution in [0.15, 0.2) is 18.2 Å². The fourth-order valence-electron chi connectivity index (χ4n) is 4.57. The predicted octanol–water partition coefficient (Wildman–Crippen LogP) is 4.18. The van der Waals surface area contributed by atoms with Crippen molar-refractivity contribution < 1.29 is 22.7 Å². The molecule has 2 aromatic rings. The summed E-state index contributed by atoms with van der Waals surface area (Å²) in [5.74, 6) is 1.40. The minimum absolute atomic E-state index is 0.00179. The summed E-state index contributed by atoms with van der Waals surface area (Å²) in [5, 5.41) is 3.15. The number of nitrogens with two attached hydrogens (primary N) is 1. The number of benzene rings is 1. The third-order valence-electron chi connectivity index (χ3n) is 7.08. The molecule has 0 spiro atoms. The smallest absolute Gasteiger partial charge is 0.364 e. The number of rotatable bonds is 8. The maximum atomic E-state index is 13.0. The lowest BCUT2D eigenvalue weighted by atomic mass is 10.00. The lowest BCUT2D eigenvalue weighted by Gasteiger charge is -2.28. The Labute approximate surface area is 190 Å². The Kier molecular flexibility index (Phi) is 5.36. The van der Waals surface area contributed by atoms with Crippen LogP contribution in [0.1, 0.15) is 63.0 Å². The monoisotopic (exact) mass is 465 g/mol. The molecule has 3 fully saturated rings. The number of fused-ring (bicyclic) bond motifs is 1. The maximum absolute atomic E-state index is 13.0. The molecule has 1 aromatic heterocycles. The zero-order valence-electron chi connectivity index (χ0n) is 18.8. The molecule has 180 valence electrons. The van der Waals surface area contributed by atoms with Crippen molar-refractivity contribution in [3.05, 3.63) is 29.6 Å². The lowest BCUT2D eigenvalue weighted by molar-refractivity contribution is -0.264. The van der Waals surface area contributed by atoms with Gasteiger partial charge in [0.05, 0.1) is 35.8 Å². The number of hydrogen-bond donors (Lipinski definition) is 3. The van der Waals surface area contributed by atoms with Crippen molar-refractivity contribution in [2.45, 2.75) is 69.4 Å². The number of alkyl halides is 3. The van der Waals surface area contributed by atoms with Gasteiger partial charge in [0, 0.05) is 6.54 Å². The summed E-state index contributed by atoms with van der Waals surface area (Å²) in [4.78, 5) is 22.3. The van der Waals surface area contributed by atoms with Gasteiger partial charge < -0.3 is 25.7 Å². The third kappa shape index (κ3) is 4.42. The third-order valence-corrected chi connectivity index (χ3v) is 7.08. The molecule has 3 aliphatic rings. The molecule has 2 saturated carbocycles. The number of hydrogen-bond acceptors (Lipinski definition) is 4. The topological polar surface area (TPSA) is 96.3 Å². The van der Waals surface area contributed by atoms with E-state index in [9.17, 15) is 18.0 Å². The zero-order chi connectivity index (χ0) is 23.5. The number of H-pyrrole nitrogens is 1. The Balaban J connectivity index is 1.33. The molecule has 2 aliphatic carbocycles. The number of carbonyl (C=O) groups excluding carboxylic acids is 1. The second-order valence-corrected chi connectivity index (χ2v) is 10.2. The predicted molar refractivity (Wildman–Crippen MR) is 116 cm³/mol. The molecule has 10 heteroatoms. The largest absolute Gasteiger partial charge is 0.416 e. The number of halogens is 3. The highest BCUT2D eigenvalue weighted by Gasteiger charge is 2.49. The van der Waals surface area contributed by atoms with Crippen molar-refractivity contribution >= 4 is 17.1 Å². The number of ether oxygens (including phenoxy) is 1. The van der Waals surface area contributed by atoms with Crippen LogP contribution < -0.4 is 11.1 Å². The van der Waals surface area contributed by atoms with Gasteiger partial charge >= 0.3 is 12.2 Å². The second-order valence-electron chi connectivity index (χ2n) is 10.2. The summed E-state index contributed by atoms with van der Waals surface area (Å²) in [5.41, 5.74) is 6.24. The fraction of sp³-hybridized carbons (Fsp3) is 0.652. The zero-order valence-corrected chi connectivity index (χ0v) is 18.8. The first-order valence-electron chi connectivity index (χ1n) is 11.6. The quantitative estimate of drug-likeness (QED) is 0.545. The van der Waals surface area contributed by atoms with Crippen molar-refractivity contribution in [3.8, 4) is 0 Å². The Morgan fingerprint density at radius 2 is 1.97 bits per heavy atom. The number of aromatic amines is 1. The van der Waals surface area contributed by atoms with Crippen LogP contribution in [0.3, 0.4) is 0 Å². The summed E-state index contributed by atoms with van der Waals surface area (Å²) in [6, 6.07) is 5.27. The van der Waals surface area contributed by atoms with Gasteiger partial charge in [-0.3, -0.25) is 0 Å². The van der Waals surface area contributed by atoms with Crippen LogP contribution >= 0.6 is 0 Å². The van der Waals surface area contributed by atoms with E-state index in [1.165, 1.54) is 12.8 Å². The fourth-order valence-corrected chi connectivity index (χ4v) is 4.57. The van der Waals surface area contributed by atoms with Gasteiger partial charge in [0.1, 0.15) is 5.82 Å². The van der Waals surface area contributed by atoms with E-state index < -0.39 is 17.8 Å². The van der Waals surface area contributed by atoms with E-state index in [2.05, 4.69) is 15.3 Å². The van der Waals surface area contributed by atoms with Crippen molar-refractivity contribution in [2.24, 2.45) is 17.6 Å². The Morgan fingerprint density at radius 3 is 2.61 bits per heavy atom. The molecule has 1 saturated heterocycles. The van der Waals surface area contributed by atoms with Crippen LogP contribution in [-0.2, 0) is 4.74 Å². The minimum atomic E-state index is -4.49. The molecule has 33 heavy (non-hydrogen) atoms. The SMILES string of the molecule is CC(C)(OC[C@H](N)c1nc2cc([C@@H](C3CC3)N3C[C@@H](C4CC4)NC3=O)ccc2[nH]1)C(F)(F)F. The summed E-state index contributed by atoms with van der Waals surface area (Å²) in [6.07, 6.45) is 0.0406. The van der Waals surface area contributed by atoms with Crippen molar-refractivity contribution in [3.63, 3.8) is 0 Å². The lowest BCUT2D eigenvalue weighted by Crippen LogP contribution is -2.43. The van der Waals surface area contributed by atoms with E-state index in [0.717, 1.165) is 44.3 Å². The van der Waals surface area contributed by atoms with Crippen LogP contribution in [0, 0.1) is 11.8 Å². The van der Waals surface area contributed by atoms with Crippen LogP contribution in [0.5, 0.6) is 0 Å². The first-order valence-corrected chi connectivity index (χ1v) is 11.6. The molecule has 7 nitrogen and oxygen atoms in total. The molecule has 2 heterocycles. The van der Waals surface area contributed by atoms with Crippen LogP contribution in [-0.4, -0.2) is 51.9 Å². The van der Waals surface area contributed by atoms with Crippen molar-refractivity contribution in [2.75, 3.05) is 13.2 Å². The van der Waals surface area contributed by atoms with E-state index in [-0.39, 0.29) is 24.7 Å². The van der Waals surface area contributed by atoms with Crippen LogP contribution in [0.25, 0.3) is 11.0 Å². The van der Waals surface area contributed by atoms with Crippen LogP contribution in [0.2, 0.25) is 0 Å². The van der Waals surface area contributed by atoms with Gasteiger partial charge in [0.15, 0.2) is 5.60 Å². The molecular formula is C23H30F3N5O2. The van der Waals surface area contributed by atoms with Gasteiger partial charge in [-0.25, -0.2) is 9.78 Å². The average molecular weight is 466 g/mol. The highest BCUT2D eigenvalue weighted by atomic mass is 19.4. The molecule has 1 aliphatic heterocycles. The highest BCUT2D eigenvalue weighted by Crippen LogP contribution is 2.47. The normalized spacial score (nSPS) is 23.8. The molecule has 0 unspecified atom stereocenters. The Morgan fingerprint density at radius 1 is 1.24 bits per heavy atom. The molecule has 4 N–H and O–H groups in total. The Bertz CT molecular complexity index is 1040. The van der Waals surface area contributed by atoms with E-state index in [0.29, 0.717) is 23.2 Å². The van der Waals surface area contributed by atoms with E-state index in [1.807, 2.05) is 23.1 Å². The van der Waals surface area contributed by atoms with E-state index in [4.69, 9.17) is 10.5 Å². The molecule has 3 atom stereocenters. The summed E-state index contributed by atoms with van der Waals surface area (Å²) < 4.78 is 44.2.